The second-order valence-corrected chi connectivity index (χ2v) is 7.32. The van der Waals surface area contributed by atoms with Gasteiger partial charge in [0.15, 0.2) is 11.5 Å². The number of hydrogen-bond donors (Lipinski definition) is 1. The molecule has 3 heterocycles. The van der Waals surface area contributed by atoms with Crippen molar-refractivity contribution in [3.05, 3.63) is 34.5 Å². The average Bonchev–Trinajstić information content (AvgIpc) is 3.20. The summed E-state index contributed by atoms with van der Waals surface area (Å²) >= 11 is 1.45. The first-order chi connectivity index (χ1) is 13.1. The Morgan fingerprint density at radius 2 is 1.93 bits per heavy atom. The third kappa shape index (κ3) is 3.22. The summed E-state index contributed by atoms with van der Waals surface area (Å²) in [5.74, 6) is 2.09. The van der Waals surface area contributed by atoms with Gasteiger partial charge in [-0.1, -0.05) is 17.4 Å². The molecule has 1 saturated heterocycles. The van der Waals surface area contributed by atoms with Gasteiger partial charge in [0.05, 0.1) is 38.4 Å². The van der Waals surface area contributed by atoms with Gasteiger partial charge < -0.3 is 19.3 Å². The SMILES string of the molecule is COc1ccc(C(c2sc3nc(C)nn3c2O)N2CCOCC2)cc1OC. The predicted octanol–water partition coefficient (Wildman–Crippen LogP) is 2.24. The van der Waals surface area contributed by atoms with Gasteiger partial charge in [0.2, 0.25) is 10.8 Å². The van der Waals surface area contributed by atoms with E-state index < -0.39 is 0 Å². The number of benzene rings is 1. The van der Waals surface area contributed by atoms with Crippen molar-refractivity contribution < 1.29 is 19.3 Å². The molecule has 0 amide bonds. The van der Waals surface area contributed by atoms with Gasteiger partial charge in [0.25, 0.3) is 0 Å². The zero-order chi connectivity index (χ0) is 19.0. The van der Waals surface area contributed by atoms with Gasteiger partial charge in [0, 0.05) is 13.1 Å². The Kier molecular flexibility index (Phi) is 4.90. The van der Waals surface area contributed by atoms with Gasteiger partial charge in [-0.2, -0.15) is 4.52 Å². The Labute approximate surface area is 160 Å². The van der Waals surface area contributed by atoms with Crippen LogP contribution in [0.25, 0.3) is 4.96 Å². The Morgan fingerprint density at radius 1 is 1.19 bits per heavy atom. The van der Waals surface area contributed by atoms with E-state index in [1.165, 1.54) is 15.9 Å². The van der Waals surface area contributed by atoms with E-state index in [9.17, 15) is 5.11 Å². The van der Waals surface area contributed by atoms with E-state index in [0.29, 0.717) is 35.5 Å². The molecule has 0 bridgehead atoms. The minimum Gasteiger partial charge on any atom is -0.493 e. The maximum Gasteiger partial charge on any atom is 0.230 e. The number of fused-ring (bicyclic) bond motifs is 1. The van der Waals surface area contributed by atoms with E-state index in [4.69, 9.17) is 14.2 Å². The van der Waals surface area contributed by atoms with Crippen molar-refractivity contribution in [2.75, 3.05) is 40.5 Å². The molecule has 0 saturated carbocycles. The highest BCUT2D eigenvalue weighted by Gasteiger charge is 2.31. The maximum absolute atomic E-state index is 10.8. The molecule has 8 nitrogen and oxygen atoms in total. The van der Waals surface area contributed by atoms with E-state index in [2.05, 4.69) is 15.0 Å². The molecule has 1 unspecified atom stereocenters. The fraction of sp³-hybridized carbons (Fsp3) is 0.444. The van der Waals surface area contributed by atoms with E-state index in [-0.39, 0.29) is 11.9 Å². The van der Waals surface area contributed by atoms with Crippen LogP contribution < -0.4 is 9.47 Å². The zero-order valence-electron chi connectivity index (χ0n) is 15.5. The number of ether oxygens (including phenoxy) is 3. The third-order valence-electron chi connectivity index (χ3n) is 4.69. The standard InChI is InChI=1S/C18H22N4O4S/c1-11-19-18-22(20-11)17(23)16(27-18)15(21-6-8-26-9-7-21)12-4-5-13(24-2)14(10-12)25-3/h4-5,10,15,23H,6-9H2,1-3H3. The molecule has 4 rings (SSSR count). The van der Waals surface area contributed by atoms with Crippen LogP contribution >= 0.6 is 11.3 Å². The number of nitrogens with zero attached hydrogens (tertiary/aromatic N) is 4. The van der Waals surface area contributed by atoms with E-state index >= 15 is 0 Å². The minimum atomic E-state index is -0.150. The smallest absolute Gasteiger partial charge is 0.230 e. The molecule has 27 heavy (non-hydrogen) atoms. The minimum absolute atomic E-state index is 0.127. The van der Waals surface area contributed by atoms with E-state index in [0.717, 1.165) is 23.5 Å². The highest BCUT2D eigenvalue weighted by molar-refractivity contribution is 7.17. The molecule has 0 aliphatic carbocycles. The second kappa shape index (κ2) is 7.34. The molecule has 3 aromatic rings. The summed E-state index contributed by atoms with van der Waals surface area (Å²) in [5.41, 5.74) is 1.01. The average molecular weight is 390 g/mol. The fourth-order valence-electron chi connectivity index (χ4n) is 3.41. The number of hydrogen-bond acceptors (Lipinski definition) is 8. The van der Waals surface area contributed by atoms with Gasteiger partial charge in [-0.05, 0) is 24.6 Å². The Bertz CT molecular complexity index is 948. The maximum atomic E-state index is 10.8. The van der Waals surface area contributed by atoms with Crippen LogP contribution in [0.2, 0.25) is 0 Å². The molecule has 1 atom stereocenters. The molecule has 2 aromatic heterocycles. The van der Waals surface area contributed by atoms with Crippen LogP contribution in [0.5, 0.6) is 17.4 Å². The number of aromatic nitrogens is 3. The normalized spacial score (nSPS) is 16.6. The van der Waals surface area contributed by atoms with Crippen molar-refractivity contribution in [3.63, 3.8) is 0 Å². The number of aryl methyl sites for hydroxylation is 1. The van der Waals surface area contributed by atoms with Gasteiger partial charge in [-0.3, -0.25) is 4.90 Å². The summed E-state index contributed by atoms with van der Waals surface area (Å²) in [7, 11) is 3.24. The number of methoxy groups -OCH3 is 2. The lowest BCUT2D eigenvalue weighted by Gasteiger charge is -2.34. The molecule has 1 fully saturated rings. The lowest BCUT2D eigenvalue weighted by atomic mass is 10.0. The lowest BCUT2D eigenvalue weighted by molar-refractivity contribution is 0.0240. The van der Waals surface area contributed by atoms with Crippen molar-refractivity contribution in [2.45, 2.75) is 13.0 Å². The lowest BCUT2D eigenvalue weighted by Crippen LogP contribution is -2.39. The Hall–Kier alpha value is -2.36. The van der Waals surface area contributed by atoms with Crippen LogP contribution in [0.4, 0.5) is 0 Å². The van der Waals surface area contributed by atoms with Gasteiger partial charge in [-0.25, -0.2) is 4.98 Å². The Morgan fingerprint density at radius 3 is 2.59 bits per heavy atom. The van der Waals surface area contributed by atoms with Crippen LogP contribution in [-0.2, 0) is 4.74 Å². The summed E-state index contributed by atoms with van der Waals surface area (Å²) < 4.78 is 17.9. The topological polar surface area (TPSA) is 81.4 Å². The van der Waals surface area contributed by atoms with Gasteiger partial charge in [0.1, 0.15) is 5.82 Å². The summed E-state index contributed by atoms with van der Waals surface area (Å²) in [6, 6.07) is 5.70. The van der Waals surface area contributed by atoms with Gasteiger partial charge >= 0.3 is 0 Å². The predicted molar refractivity (Wildman–Crippen MR) is 101 cm³/mol. The number of aromatic hydroxyl groups is 1. The van der Waals surface area contributed by atoms with Crippen LogP contribution in [0.1, 0.15) is 22.3 Å². The Balaban J connectivity index is 1.83. The van der Waals surface area contributed by atoms with Crippen molar-refractivity contribution in [1.29, 1.82) is 0 Å². The van der Waals surface area contributed by atoms with Crippen LogP contribution in [0.15, 0.2) is 18.2 Å². The highest BCUT2D eigenvalue weighted by atomic mass is 32.1. The largest absolute Gasteiger partial charge is 0.493 e. The van der Waals surface area contributed by atoms with Crippen LogP contribution in [0, 0.1) is 6.92 Å². The molecular weight excluding hydrogens is 368 g/mol. The highest BCUT2D eigenvalue weighted by Crippen LogP contribution is 2.42. The van der Waals surface area contributed by atoms with E-state index in [1.807, 2.05) is 25.1 Å². The second-order valence-electron chi connectivity index (χ2n) is 6.31. The van der Waals surface area contributed by atoms with Crippen molar-refractivity contribution >= 4 is 16.3 Å². The summed E-state index contributed by atoms with van der Waals surface area (Å²) in [4.78, 5) is 8.18. The van der Waals surface area contributed by atoms with Crippen molar-refractivity contribution in [1.82, 2.24) is 19.5 Å². The van der Waals surface area contributed by atoms with Crippen LogP contribution in [0.3, 0.4) is 0 Å². The van der Waals surface area contributed by atoms with Gasteiger partial charge in [-0.15, -0.1) is 5.10 Å². The molecule has 1 N–H and O–H groups in total. The van der Waals surface area contributed by atoms with Crippen molar-refractivity contribution in [3.8, 4) is 17.4 Å². The number of thiazole rings is 1. The zero-order valence-corrected chi connectivity index (χ0v) is 16.3. The molecule has 1 aliphatic rings. The monoisotopic (exact) mass is 390 g/mol. The van der Waals surface area contributed by atoms with E-state index in [1.54, 1.807) is 14.2 Å². The molecule has 0 radical (unpaired) electrons. The molecule has 1 aliphatic heterocycles. The van der Waals surface area contributed by atoms with Crippen molar-refractivity contribution in [2.24, 2.45) is 0 Å². The number of morpholine rings is 1. The molecular formula is C18H22N4O4S. The molecule has 144 valence electrons. The first-order valence-electron chi connectivity index (χ1n) is 8.71. The van der Waals surface area contributed by atoms with Crippen LogP contribution in [-0.4, -0.2) is 65.1 Å². The fourth-order valence-corrected chi connectivity index (χ4v) is 4.58. The molecule has 0 spiro atoms. The third-order valence-corrected chi connectivity index (χ3v) is 5.76. The summed E-state index contributed by atoms with van der Waals surface area (Å²) in [6.07, 6.45) is 0. The summed E-state index contributed by atoms with van der Waals surface area (Å²) in [5, 5.41) is 15.1. The first kappa shape index (κ1) is 18.0. The quantitative estimate of drug-likeness (QED) is 0.715. The molecule has 9 heteroatoms. The first-order valence-corrected chi connectivity index (χ1v) is 9.52. The number of rotatable bonds is 5. The molecule has 1 aromatic carbocycles. The summed E-state index contributed by atoms with van der Waals surface area (Å²) in [6.45, 7) is 4.66.